The lowest BCUT2D eigenvalue weighted by Gasteiger charge is -2.10. The Labute approximate surface area is 148 Å². The fourth-order valence-corrected chi connectivity index (χ4v) is 2.91. The van der Waals surface area contributed by atoms with Crippen LogP contribution in [0.3, 0.4) is 0 Å². The maximum Gasteiger partial charge on any atom is 0.193 e. The molecule has 1 heterocycles. The molecule has 2 aromatic carbocycles. The molecule has 1 aromatic heterocycles. The van der Waals surface area contributed by atoms with Crippen LogP contribution in [-0.4, -0.2) is 22.1 Å². The van der Waals surface area contributed by atoms with Gasteiger partial charge in [-0.1, -0.05) is 38.1 Å². The van der Waals surface area contributed by atoms with Crippen LogP contribution in [0.4, 0.5) is 5.69 Å². The van der Waals surface area contributed by atoms with E-state index in [1.54, 1.807) is 0 Å². The molecule has 0 aliphatic carbocycles. The lowest BCUT2D eigenvalue weighted by Crippen LogP contribution is -2.23. The molecule has 5 nitrogen and oxygen atoms in total. The number of rotatable bonds is 5. The molecule has 0 unspecified atom stereocenters. The number of anilines is 1. The molecular formula is C20H25N5. The molecule has 0 saturated carbocycles. The van der Waals surface area contributed by atoms with Crippen molar-refractivity contribution in [1.82, 2.24) is 9.55 Å². The Morgan fingerprint density at radius 2 is 2.00 bits per heavy atom. The normalized spacial score (nSPS) is 12.1. The molecule has 0 bridgehead atoms. The molecule has 0 atom stereocenters. The molecule has 130 valence electrons. The number of nitrogens with zero attached hydrogens (tertiary/aromatic N) is 3. The molecule has 3 N–H and O–H groups in total. The van der Waals surface area contributed by atoms with Crippen LogP contribution in [0.2, 0.25) is 0 Å². The Morgan fingerprint density at radius 1 is 1.20 bits per heavy atom. The Morgan fingerprint density at radius 3 is 2.80 bits per heavy atom. The van der Waals surface area contributed by atoms with Crippen LogP contribution >= 0.6 is 0 Å². The zero-order chi connectivity index (χ0) is 17.8. The van der Waals surface area contributed by atoms with Gasteiger partial charge in [-0.3, -0.25) is 4.99 Å². The van der Waals surface area contributed by atoms with Crippen LogP contribution in [0.15, 0.2) is 53.5 Å². The van der Waals surface area contributed by atoms with Gasteiger partial charge in [-0.25, -0.2) is 4.98 Å². The third-order valence-electron chi connectivity index (χ3n) is 4.28. The minimum atomic E-state index is 0.433. The molecule has 0 spiro atoms. The first kappa shape index (κ1) is 17.0. The fourth-order valence-electron chi connectivity index (χ4n) is 2.91. The van der Waals surface area contributed by atoms with E-state index in [0.717, 1.165) is 29.1 Å². The fraction of sp³-hybridized carbons (Fsp3) is 0.300. The van der Waals surface area contributed by atoms with Crippen LogP contribution in [0.1, 0.15) is 31.2 Å². The number of fused-ring (bicyclic) bond motifs is 1. The van der Waals surface area contributed by atoms with Crippen molar-refractivity contribution in [2.24, 2.45) is 10.7 Å². The highest BCUT2D eigenvalue weighted by molar-refractivity contribution is 5.92. The monoisotopic (exact) mass is 335 g/mol. The van der Waals surface area contributed by atoms with E-state index >= 15 is 0 Å². The number of hydrogen-bond acceptors (Lipinski definition) is 2. The first-order chi connectivity index (χ1) is 12.0. The van der Waals surface area contributed by atoms with E-state index in [0.29, 0.717) is 18.4 Å². The summed E-state index contributed by atoms with van der Waals surface area (Å²) in [6, 6.07) is 16.4. The van der Waals surface area contributed by atoms with Gasteiger partial charge in [0.15, 0.2) is 5.96 Å². The van der Waals surface area contributed by atoms with Gasteiger partial charge in [0.1, 0.15) is 5.82 Å². The molecule has 0 saturated heterocycles. The second kappa shape index (κ2) is 7.38. The highest BCUT2D eigenvalue weighted by Crippen LogP contribution is 2.18. The molecule has 5 heteroatoms. The molecule has 0 amide bonds. The van der Waals surface area contributed by atoms with Crippen molar-refractivity contribution in [3.63, 3.8) is 0 Å². The zero-order valence-electron chi connectivity index (χ0n) is 15.0. The first-order valence-corrected chi connectivity index (χ1v) is 8.63. The SMILES string of the molecule is Cc1nc2ccccc2n1CCN=C(N)Nc1cccc(C(C)C)c1. The Balaban J connectivity index is 1.65. The van der Waals surface area contributed by atoms with Crippen LogP contribution in [0.25, 0.3) is 11.0 Å². The van der Waals surface area contributed by atoms with Crippen LogP contribution in [0, 0.1) is 6.92 Å². The molecule has 0 aliphatic rings. The highest BCUT2D eigenvalue weighted by Gasteiger charge is 2.06. The summed E-state index contributed by atoms with van der Waals surface area (Å²) in [5.74, 6) is 1.91. The molecule has 0 radical (unpaired) electrons. The van der Waals surface area contributed by atoms with Crippen LogP contribution < -0.4 is 11.1 Å². The maximum atomic E-state index is 6.04. The van der Waals surface area contributed by atoms with Gasteiger partial charge in [0.05, 0.1) is 17.6 Å². The smallest absolute Gasteiger partial charge is 0.193 e. The summed E-state index contributed by atoms with van der Waals surface area (Å²) < 4.78 is 2.17. The van der Waals surface area contributed by atoms with Crippen molar-refractivity contribution < 1.29 is 0 Å². The van der Waals surface area contributed by atoms with E-state index < -0.39 is 0 Å². The summed E-state index contributed by atoms with van der Waals surface area (Å²) >= 11 is 0. The van der Waals surface area contributed by atoms with Crippen molar-refractivity contribution in [2.75, 3.05) is 11.9 Å². The molecule has 25 heavy (non-hydrogen) atoms. The van der Waals surface area contributed by atoms with Crippen molar-refractivity contribution in [3.05, 3.63) is 59.9 Å². The van der Waals surface area contributed by atoms with Gasteiger partial charge in [0.25, 0.3) is 0 Å². The van der Waals surface area contributed by atoms with E-state index in [2.05, 4.69) is 51.9 Å². The molecule has 0 fully saturated rings. The Bertz CT molecular complexity index is 892. The molecular weight excluding hydrogens is 310 g/mol. The third kappa shape index (κ3) is 3.99. The molecule has 3 rings (SSSR count). The largest absolute Gasteiger partial charge is 0.370 e. The molecule has 0 aliphatic heterocycles. The minimum absolute atomic E-state index is 0.433. The first-order valence-electron chi connectivity index (χ1n) is 8.63. The van der Waals surface area contributed by atoms with E-state index in [1.807, 2.05) is 37.3 Å². The van der Waals surface area contributed by atoms with Gasteiger partial charge in [-0.15, -0.1) is 0 Å². The number of benzene rings is 2. The Hall–Kier alpha value is -2.82. The van der Waals surface area contributed by atoms with Gasteiger partial charge < -0.3 is 15.6 Å². The summed E-state index contributed by atoms with van der Waals surface area (Å²) in [6.07, 6.45) is 0. The highest BCUT2D eigenvalue weighted by atomic mass is 15.1. The summed E-state index contributed by atoms with van der Waals surface area (Å²) in [4.78, 5) is 9.02. The van der Waals surface area contributed by atoms with Gasteiger partial charge in [-0.2, -0.15) is 0 Å². The number of imidazole rings is 1. The topological polar surface area (TPSA) is 68.2 Å². The summed E-state index contributed by atoms with van der Waals surface area (Å²) in [7, 11) is 0. The lowest BCUT2D eigenvalue weighted by atomic mass is 10.0. The van der Waals surface area contributed by atoms with Gasteiger partial charge in [-0.05, 0) is 42.7 Å². The number of guanidine groups is 1. The predicted molar refractivity (Wildman–Crippen MR) is 105 cm³/mol. The minimum Gasteiger partial charge on any atom is -0.370 e. The van der Waals surface area contributed by atoms with E-state index in [9.17, 15) is 0 Å². The number of aromatic nitrogens is 2. The summed E-state index contributed by atoms with van der Waals surface area (Å²) in [6.45, 7) is 7.72. The number of hydrogen-bond donors (Lipinski definition) is 2. The second-order valence-electron chi connectivity index (χ2n) is 6.47. The van der Waals surface area contributed by atoms with Gasteiger partial charge in [0.2, 0.25) is 0 Å². The van der Waals surface area contributed by atoms with Crippen LogP contribution in [-0.2, 0) is 6.54 Å². The van der Waals surface area contributed by atoms with Gasteiger partial charge >= 0.3 is 0 Å². The van der Waals surface area contributed by atoms with Crippen molar-refractivity contribution >= 4 is 22.7 Å². The van der Waals surface area contributed by atoms with Crippen molar-refractivity contribution in [1.29, 1.82) is 0 Å². The zero-order valence-corrected chi connectivity index (χ0v) is 15.0. The average molecular weight is 335 g/mol. The van der Waals surface area contributed by atoms with Crippen LogP contribution in [0.5, 0.6) is 0 Å². The number of nitrogens with one attached hydrogen (secondary N) is 1. The third-order valence-corrected chi connectivity index (χ3v) is 4.28. The summed E-state index contributed by atoms with van der Waals surface area (Å²) in [5, 5.41) is 3.17. The standard InChI is InChI=1S/C20H25N5/c1-14(2)16-7-6-8-17(13-16)24-20(21)22-11-12-25-15(3)23-18-9-4-5-10-19(18)25/h4-10,13-14H,11-12H2,1-3H3,(H3,21,22,24). The van der Waals surface area contributed by atoms with E-state index in [1.165, 1.54) is 5.56 Å². The number of para-hydroxylation sites is 2. The lowest BCUT2D eigenvalue weighted by molar-refractivity contribution is 0.704. The van der Waals surface area contributed by atoms with E-state index in [4.69, 9.17) is 5.73 Å². The Kier molecular flexibility index (Phi) is 5.03. The number of nitrogens with two attached hydrogens (primary N) is 1. The quantitative estimate of drug-likeness (QED) is 0.549. The molecule has 3 aromatic rings. The van der Waals surface area contributed by atoms with E-state index in [-0.39, 0.29) is 0 Å². The summed E-state index contributed by atoms with van der Waals surface area (Å²) in [5.41, 5.74) is 10.4. The van der Waals surface area contributed by atoms with Crippen molar-refractivity contribution in [3.8, 4) is 0 Å². The van der Waals surface area contributed by atoms with Gasteiger partial charge in [0, 0.05) is 12.2 Å². The maximum absolute atomic E-state index is 6.04. The van der Waals surface area contributed by atoms with Crippen molar-refractivity contribution in [2.45, 2.75) is 33.2 Å². The number of aryl methyl sites for hydroxylation is 1. The average Bonchev–Trinajstić information content (AvgIpc) is 2.91. The number of aliphatic imine (C=N–C) groups is 1. The second-order valence-corrected chi connectivity index (χ2v) is 6.47. The predicted octanol–water partition coefficient (Wildman–Crippen LogP) is 3.89.